The molecule has 0 aliphatic carbocycles. The lowest BCUT2D eigenvalue weighted by atomic mass is 10.0. The van der Waals surface area contributed by atoms with Gasteiger partial charge in [-0.2, -0.15) is 0 Å². The summed E-state index contributed by atoms with van der Waals surface area (Å²) in [5, 5.41) is 14.0. The van der Waals surface area contributed by atoms with E-state index in [9.17, 15) is 19.4 Å². The minimum atomic E-state index is -4.36. The Labute approximate surface area is 530 Å². The van der Waals surface area contributed by atoms with Crippen LogP contribution in [0, 0.1) is 0 Å². The van der Waals surface area contributed by atoms with Crippen LogP contribution in [0.1, 0.15) is 380 Å². The molecular weight excluding hydrogens is 1070 g/mol. The van der Waals surface area contributed by atoms with Gasteiger partial charge in [0.2, 0.25) is 5.91 Å². The number of aliphatic hydroxyl groups is 1. The first-order chi connectivity index (χ1) is 41.5. The molecule has 9 heteroatoms. The van der Waals surface area contributed by atoms with Crippen LogP contribution in [-0.4, -0.2) is 73.4 Å². The van der Waals surface area contributed by atoms with Crippen molar-refractivity contribution in [3.8, 4) is 0 Å². The SMILES string of the molecule is CCCCCCCCCC/C=C\CCCCCCCCCCCCCCCCCCCCCCCCCCCCCCCC(=O)NC(COP(=O)(O)OCC[N+](C)(C)C)C(O)/C=C/CC/C=C/CC/C=C/CCCCCCCCCCCCCC. The molecule has 0 rings (SSSR count). The first-order valence-corrected chi connectivity index (χ1v) is 39.0. The molecule has 0 aromatic heterocycles. The second kappa shape index (κ2) is 66.9. The average molecular weight is 1220 g/mol. The predicted octanol–water partition coefficient (Wildman–Crippen LogP) is 24.2. The van der Waals surface area contributed by atoms with Crippen molar-refractivity contribution in [2.45, 2.75) is 392 Å². The van der Waals surface area contributed by atoms with Gasteiger partial charge in [-0.25, -0.2) is 4.57 Å². The number of phosphoric acid groups is 1. The fraction of sp³-hybridized carbons (Fsp3) is 0.882. The first-order valence-electron chi connectivity index (χ1n) is 37.5. The van der Waals surface area contributed by atoms with Gasteiger partial charge in [-0.1, -0.05) is 351 Å². The molecule has 0 fully saturated rings. The molecule has 0 spiro atoms. The molecular formula is C76H148N2O6P+. The fourth-order valence-electron chi connectivity index (χ4n) is 11.4. The number of nitrogens with zero attached hydrogens (tertiary/aromatic N) is 1. The number of aliphatic hydroxyl groups excluding tert-OH is 1. The summed E-state index contributed by atoms with van der Waals surface area (Å²) < 4.78 is 23.8. The van der Waals surface area contributed by atoms with Gasteiger partial charge in [0.1, 0.15) is 13.2 Å². The number of hydrogen-bond donors (Lipinski definition) is 3. The van der Waals surface area contributed by atoms with E-state index in [1.165, 1.54) is 315 Å². The third kappa shape index (κ3) is 69.8. The monoisotopic (exact) mass is 1220 g/mol. The van der Waals surface area contributed by atoms with Crippen molar-refractivity contribution < 1.29 is 32.9 Å². The van der Waals surface area contributed by atoms with Gasteiger partial charge in [0, 0.05) is 6.42 Å². The van der Waals surface area contributed by atoms with Crippen LogP contribution in [0.2, 0.25) is 0 Å². The van der Waals surface area contributed by atoms with Gasteiger partial charge in [-0.3, -0.25) is 13.8 Å². The molecule has 0 radical (unpaired) electrons. The number of nitrogens with one attached hydrogen (secondary N) is 1. The second-order valence-corrected chi connectivity index (χ2v) is 28.5. The molecule has 0 heterocycles. The maximum absolute atomic E-state index is 13.1. The Balaban J connectivity index is 3.93. The zero-order valence-electron chi connectivity index (χ0n) is 57.6. The van der Waals surface area contributed by atoms with Crippen LogP contribution in [0.15, 0.2) is 48.6 Å². The number of rotatable bonds is 70. The van der Waals surface area contributed by atoms with Gasteiger partial charge in [0.05, 0.1) is 39.9 Å². The van der Waals surface area contributed by atoms with E-state index in [1.54, 1.807) is 6.08 Å². The maximum Gasteiger partial charge on any atom is 0.472 e. The Hall–Kier alpha value is -1.54. The minimum absolute atomic E-state index is 0.0548. The quantitative estimate of drug-likeness (QED) is 0.0243. The summed E-state index contributed by atoms with van der Waals surface area (Å²) in [5.74, 6) is -0.184. The lowest BCUT2D eigenvalue weighted by Crippen LogP contribution is -2.45. The Kier molecular flexibility index (Phi) is 65.7. The largest absolute Gasteiger partial charge is 0.472 e. The van der Waals surface area contributed by atoms with Crippen LogP contribution >= 0.6 is 7.82 Å². The van der Waals surface area contributed by atoms with Crippen molar-refractivity contribution in [1.29, 1.82) is 0 Å². The highest BCUT2D eigenvalue weighted by Gasteiger charge is 2.28. The summed E-state index contributed by atoms with van der Waals surface area (Å²) >= 11 is 0. The van der Waals surface area contributed by atoms with E-state index in [2.05, 4.69) is 55.6 Å². The summed E-state index contributed by atoms with van der Waals surface area (Å²) in [7, 11) is 1.56. The standard InChI is InChI=1S/C76H147N2O6P/c1-6-8-10-12-14-16-18-20-22-24-26-28-30-31-32-33-34-35-36-37-38-39-40-41-42-43-44-45-46-47-48-50-52-54-56-58-60-62-64-66-68-70-76(80)77-74(73-84-85(81,82)83-72-71-78(3,4)5)75(79)69-67-65-63-61-59-57-55-53-51-49-29-27-25-23-21-19-17-15-13-11-9-7-2/h24,26,51,53,59,61,67,69,74-75,79H,6-23,25,27-50,52,54-58,60,62-66,68,70-73H2,1-5H3,(H-,77,80,81,82)/p+1/b26-24-,53-51+,61-59+,69-67+. The van der Waals surface area contributed by atoms with E-state index >= 15 is 0 Å². The normalized spacial score (nSPS) is 13.8. The third-order valence-corrected chi connectivity index (χ3v) is 18.2. The smallest absolute Gasteiger partial charge is 0.387 e. The van der Waals surface area contributed by atoms with E-state index < -0.39 is 20.0 Å². The molecule has 0 aliphatic heterocycles. The molecule has 8 nitrogen and oxygen atoms in total. The molecule has 0 saturated heterocycles. The molecule has 0 bridgehead atoms. The summed E-state index contributed by atoms with van der Waals surface area (Å²) in [6.07, 6.45) is 91.6. The predicted molar refractivity (Wildman–Crippen MR) is 374 cm³/mol. The molecule has 3 N–H and O–H groups in total. The highest BCUT2D eigenvalue weighted by atomic mass is 31.2. The average Bonchev–Trinajstić information content (AvgIpc) is 3.48. The van der Waals surface area contributed by atoms with E-state index in [-0.39, 0.29) is 19.1 Å². The lowest BCUT2D eigenvalue weighted by Gasteiger charge is -2.25. The zero-order chi connectivity index (χ0) is 61.9. The Bertz CT molecular complexity index is 1530. The first kappa shape index (κ1) is 83.5. The summed E-state index contributed by atoms with van der Waals surface area (Å²) in [4.78, 5) is 23.4. The van der Waals surface area contributed by atoms with E-state index in [0.717, 1.165) is 44.9 Å². The van der Waals surface area contributed by atoms with Gasteiger partial charge in [0.15, 0.2) is 0 Å². The number of allylic oxidation sites excluding steroid dienone is 7. The Morgan fingerprint density at radius 2 is 0.647 bits per heavy atom. The van der Waals surface area contributed by atoms with Crippen molar-refractivity contribution in [3.05, 3.63) is 48.6 Å². The van der Waals surface area contributed by atoms with Crippen LogP contribution in [0.25, 0.3) is 0 Å². The number of quaternary nitrogens is 1. The number of likely N-dealkylation sites (N-methyl/N-ethyl adjacent to an activating group) is 1. The number of carbonyl (C=O) groups is 1. The fourth-order valence-corrected chi connectivity index (χ4v) is 12.2. The summed E-state index contributed by atoms with van der Waals surface area (Å²) in [6, 6.07) is -0.870. The molecule has 0 aromatic carbocycles. The van der Waals surface area contributed by atoms with Crippen LogP contribution in [0.3, 0.4) is 0 Å². The van der Waals surface area contributed by atoms with E-state index in [0.29, 0.717) is 17.4 Å². The van der Waals surface area contributed by atoms with Crippen molar-refractivity contribution in [2.24, 2.45) is 0 Å². The van der Waals surface area contributed by atoms with Crippen LogP contribution in [-0.2, 0) is 18.4 Å². The molecule has 0 aromatic rings. The number of hydrogen-bond acceptors (Lipinski definition) is 5. The van der Waals surface area contributed by atoms with Crippen molar-refractivity contribution in [1.82, 2.24) is 5.32 Å². The minimum Gasteiger partial charge on any atom is -0.387 e. The number of amides is 1. The topological polar surface area (TPSA) is 105 Å². The van der Waals surface area contributed by atoms with Gasteiger partial charge in [-0.05, 0) is 70.6 Å². The van der Waals surface area contributed by atoms with Gasteiger partial charge >= 0.3 is 7.82 Å². The van der Waals surface area contributed by atoms with Crippen LogP contribution < -0.4 is 5.32 Å². The number of unbranched alkanes of at least 4 members (excludes halogenated alkanes) is 51. The van der Waals surface area contributed by atoms with E-state index in [1.807, 2.05) is 27.2 Å². The van der Waals surface area contributed by atoms with Crippen molar-refractivity contribution in [3.63, 3.8) is 0 Å². The summed E-state index contributed by atoms with van der Waals surface area (Å²) in [6.45, 7) is 4.84. The van der Waals surface area contributed by atoms with Crippen LogP contribution in [0.5, 0.6) is 0 Å². The zero-order valence-corrected chi connectivity index (χ0v) is 58.5. The summed E-state index contributed by atoms with van der Waals surface area (Å²) in [5.41, 5.74) is 0. The number of phosphoric ester groups is 1. The molecule has 502 valence electrons. The number of carbonyl (C=O) groups excluding carboxylic acids is 1. The molecule has 1 amide bonds. The van der Waals surface area contributed by atoms with Crippen molar-refractivity contribution >= 4 is 13.7 Å². The lowest BCUT2D eigenvalue weighted by molar-refractivity contribution is -0.870. The highest BCUT2D eigenvalue weighted by Crippen LogP contribution is 2.43. The highest BCUT2D eigenvalue weighted by molar-refractivity contribution is 7.47. The second-order valence-electron chi connectivity index (χ2n) is 27.0. The van der Waals surface area contributed by atoms with Crippen molar-refractivity contribution in [2.75, 3.05) is 40.9 Å². The van der Waals surface area contributed by atoms with Gasteiger partial charge in [0.25, 0.3) is 0 Å². The van der Waals surface area contributed by atoms with E-state index in [4.69, 9.17) is 9.05 Å². The van der Waals surface area contributed by atoms with Gasteiger partial charge in [-0.15, -0.1) is 0 Å². The third-order valence-electron chi connectivity index (χ3n) is 17.2. The maximum atomic E-state index is 13.1. The molecule has 0 aliphatic rings. The molecule has 3 unspecified atom stereocenters. The van der Waals surface area contributed by atoms with Crippen LogP contribution in [0.4, 0.5) is 0 Å². The molecule has 85 heavy (non-hydrogen) atoms. The molecule has 3 atom stereocenters. The Morgan fingerprint density at radius 3 is 0.941 bits per heavy atom. The van der Waals surface area contributed by atoms with Gasteiger partial charge < -0.3 is 19.8 Å². The molecule has 0 saturated carbocycles. The Morgan fingerprint density at radius 1 is 0.388 bits per heavy atom.